The lowest BCUT2D eigenvalue weighted by Crippen LogP contribution is -2.59. The third-order valence-electron chi connectivity index (χ3n) is 2.21. The summed E-state index contributed by atoms with van der Waals surface area (Å²) in [6.45, 7) is -0.151. The van der Waals surface area contributed by atoms with Crippen molar-refractivity contribution in [3.8, 4) is 0 Å². The van der Waals surface area contributed by atoms with E-state index >= 15 is 0 Å². The molecule has 1 aliphatic heterocycles. The molecule has 1 saturated heterocycles. The zero-order valence-electron chi connectivity index (χ0n) is 7.99. The van der Waals surface area contributed by atoms with E-state index < -0.39 is 37.3 Å². The highest BCUT2D eigenvalue weighted by Crippen LogP contribution is 2.21. The molecule has 0 radical (unpaired) electrons. The van der Waals surface area contributed by atoms with Gasteiger partial charge in [-0.3, -0.25) is 0 Å². The van der Waals surface area contributed by atoms with Crippen molar-refractivity contribution in [3.05, 3.63) is 0 Å². The van der Waals surface area contributed by atoms with Gasteiger partial charge in [-0.25, -0.2) is 0 Å². The molecule has 1 rings (SSSR count). The summed E-state index contributed by atoms with van der Waals surface area (Å²) in [4.78, 5) is 0. The van der Waals surface area contributed by atoms with Crippen LogP contribution in [0.25, 0.3) is 0 Å². The normalized spacial score (nSPS) is 41.8. The van der Waals surface area contributed by atoms with Crippen molar-refractivity contribution in [2.24, 2.45) is 0 Å². The highest BCUT2D eigenvalue weighted by Gasteiger charge is 2.43. The maximum absolute atomic E-state index is 9.49. The van der Waals surface area contributed by atoms with Gasteiger partial charge in [0.25, 0.3) is 0 Å². The molecule has 15 heavy (non-hydrogen) atoms. The van der Waals surface area contributed by atoms with Gasteiger partial charge in [0, 0.05) is 5.33 Å². The lowest BCUT2D eigenvalue weighted by atomic mass is 9.99. The van der Waals surface area contributed by atoms with Gasteiger partial charge in [0.1, 0.15) is 24.4 Å². The molecule has 0 aromatic carbocycles. The van der Waals surface area contributed by atoms with E-state index in [0.717, 1.165) is 0 Å². The van der Waals surface area contributed by atoms with E-state index in [1.165, 1.54) is 0 Å². The van der Waals surface area contributed by atoms with E-state index in [9.17, 15) is 15.3 Å². The molecule has 7 heteroatoms. The van der Waals surface area contributed by atoms with Crippen LogP contribution in [0.5, 0.6) is 0 Å². The van der Waals surface area contributed by atoms with Crippen LogP contribution in [-0.2, 0) is 9.47 Å². The van der Waals surface area contributed by atoms with Crippen molar-refractivity contribution < 1.29 is 29.9 Å². The number of alkyl halides is 1. The van der Waals surface area contributed by atoms with Gasteiger partial charge < -0.3 is 29.9 Å². The monoisotopic (exact) mass is 286 g/mol. The van der Waals surface area contributed by atoms with Crippen molar-refractivity contribution in [3.63, 3.8) is 0 Å². The third kappa shape index (κ3) is 3.10. The maximum atomic E-state index is 9.49. The first kappa shape index (κ1) is 13.3. The topological polar surface area (TPSA) is 99.4 Å². The Bertz CT molecular complexity index is 190. The van der Waals surface area contributed by atoms with E-state index in [-0.39, 0.29) is 0 Å². The zero-order chi connectivity index (χ0) is 11.4. The minimum absolute atomic E-state index is 0.294. The van der Waals surface area contributed by atoms with Crippen LogP contribution in [0.2, 0.25) is 0 Å². The lowest BCUT2D eigenvalue weighted by Gasteiger charge is -2.39. The molecule has 5 atom stereocenters. The van der Waals surface area contributed by atoms with Crippen molar-refractivity contribution in [1.29, 1.82) is 0 Å². The molecule has 0 aromatic rings. The number of ether oxygens (including phenoxy) is 2. The number of hydrogen-bond donors (Lipinski definition) is 4. The van der Waals surface area contributed by atoms with Crippen molar-refractivity contribution in [1.82, 2.24) is 0 Å². The van der Waals surface area contributed by atoms with Gasteiger partial charge in [-0.2, -0.15) is 0 Å². The smallest absolute Gasteiger partial charge is 0.186 e. The molecule has 1 heterocycles. The highest BCUT2D eigenvalue weighted by molar-refractivity contribution is 9.09. The molecule has 1 fully saturated rings. The second kappa shape index (κ2) is 6.09. The Labute approximate surface area is 95.6 Å². The molecule has 90 valence electrons. The zero-order valence-corrected chi connectivity index (χ0v) is 9.58. The Morgan fingerprint density at radius 3 is 2.33 bits per heavy atom. The average Bonchev–Trinajstić information content (AvgIpc) is 2.25. The molecule has 0 aliphatic carbocycles. The summed E-state index contributed by atoms with van der Waals surface area (Å²) in [5, 5.41) is 37.7. The molecule has 0 spiro atoms. The minimum atomic E-state index is -1.38. The Hall–Kier alpha value is 0.240. The maximum Gasteiger partial charge on any atom is 0.186 e. The van der Waals surface area contributed by atoms with Gasteiger partial charge in [-0.15, -0.1) is 0 Å². The van der Waals surface area contributed by atoms with Crippen molar-refractivity contribution in [2.75, 3.05) is 18.5 Å². The number of halogens is 1. The first-order chi connectivity index (χ1) is 7.11. The van der Waals surface area contributed by atoms with Crippen molar-refractivity contribution in [2.45, 2.75) is 30.7 Å². The molecular formula is C8H15BrO6. The molecule has 0 bridgehead atoms. The number of aliphatic hydroxyl groups excluding tert-OH is 4. The lowest BCUT2D eigenvalue weighted by molar-refractivity contribution is -0.299. The van der Waals surface area contributed by atoms with Crippen molar-refractivity contribution >= 4 is 15.9 Å². The predicted molar refractivity (Wildman–Crippen MR) is 53.5 cm³/mol. The standard InChI is InChI=1S/C8H15BrO6/c9-1-2-14-8-7(13)6(12)5(11)4(3-10)15-8/h4-8,10-13H,1-3H2/t4-,5+,6+,7-,8?/m1/s1. The summed E-state index contributed by atoms with van der Waals surface area (Å²) in [5.41, 5.74) is 0. The predicted octanol–water partition coefficient (Wildman–Crippen LogP) is -1.80. The highest BCUT2D eigenvalue weighted by atomic mass is 79.9. The largest absolute Gasteiger partial charge is 0.394 e. The molecule has 0 aromatic heterocycles. The molecular weight excluding hydrogens is 272 g/mol. The SMILES string of the molecule is OC[C@H]1OC(OCCBr)[C@H](O)[C@@H](O)[C@H]1O. The molecule has 1 unspecified atom stereocenters. The first-order valence-electron chi connectivity index (χ1n) is 4.60. The van der Waals surface area contributed by atoms with Crippen LogP contribution in [0.3, 0.4) is 0 Å². The Kier molecular flexibility index (Phi) is 5.41. The number of aliphatic hydroxyl groups is 4. The van der Waals surface area contributed by atoms with E-state index in [2.05, 4.69) is 15.9 Å². The fraction of sp³-hybridized carbons (Fsp3) is 1.00. The Morgan fingerprint density at radius 1 is 1.13 bits per heavy atom. The van der Waals surface area contributed by atoms with Gasteiger partial charge >= 0.3 is 0 Å². The Morgan fingerprint density at radius 2 is 1.80 bits per heavy atom. The summed E-state index contributed by atoms with van der Waals surface area (Å²) in [7, 11) is 0. The van der Waals surface area contributed by atoms with Gasteiger partial charge in [-0.05, 0) is 0 Å². The molecule has 4 N–H and O–H groups in total. The van der Waals surface area contributed by atoms with Crippen LogP contribution < -0.4 is 0 Å². The number of rotatable bonds is 4. The van der Waals surface area contributed by atoms with Crippen LogP contribution in [0.4, 0.5) is 0 Å². The molecule has 0 saturated carbocycles. The minimum Gasteiger partial charge on any atom is -0.394 e. The molecule has 1 aliphatic rings. The van der Waals surface area contributed by atoms with Crippen LogP contribution in [0.1, 0.15) is 0 Å². The second-order valence-corrected chi connectivity index (χ2v) is 4.05. The van der Waals surface area contributed by atoms with Crippen LogP contribution in [0, 0.1) is 0 Å². The summed E-state index contributed by atoms with van der Waals surface area (Å²) in [6, 6.07) is 0. The van der Waals surface area contributed by atoms with Crippen LogP contribution >= 0.6 is 15.9 Å². The number of hydrogen-bond acceptors (Lipinski definition) is 6. The van der Waals surface area contributed by atoms with E-state index in [1.807, 2.05) is 0 Å². The quantitative estimate of drug-likeness (QED) is 0.455. The summed E-state index contributed by atoms with van der Waals surface area (Å²) in [6.07, 6.45) is -5.98. The summed E-state index contributed by atoms with van der Waals surface area (Å²) >= 11 is 3.13. The summed E-state index contributed by atoms with van der Waals surface area (Å²) < 4.78 is 10.2. The molecule has 6 nitrogen and oxygen atoms in total. The van der Waals surface area contributed by atoms with Gasteiger partial charge in [-0.1, -0.05) is 15.9 Å². The van der Waals surface area contributed by atoms with Crippen LogP contribution in [0.15, 0.2) is 0 Å². The van der Waals surface area contributed by atoms with Gasteiger partial charge in [0.2, 0.25) is 0 Å². The first-order valence-corrected chi connectivity index (χ1v) is 5.72. The van der Waals surface area contributed by atoms with Gasteiger partial charge in [0.15, 0.2) is 6.29 Å². The average molecular weight is 287 g/mol. The fourth-order valence-electron chi connectivity index (χ4n) is 1.37. The van der Waals surface area contributed by atoms with Gasteiger partial charge in [0.05, 0.1) is 13.2 Å². The van der Waals surface area contributed by atoms with E-state index in [1.54, 1.807) is 0 Å². The third-order valence-corrected chi connectivity index (χ3v) is 2.53. The Balaban J connectivity index is 2.57. The molecule has 0 amide bonds. The van der Waals surface area contributed by atoms with Crippen LogP contribution in [-0.4, -0.2) is 69.7 Å². The van der Waals surface area contributed by atoms with E-state index in [0.29, 0.717) is 11.9 Å². The van der Waals surface area contributed by atoms with E-state index in [4.69, 9.17) is 14.6 Å². The fourth-order valence-corrected chi connectivity index (χ4v) is 1.55. The summed E-state index contributed by atoms with van der Waals surface area (Å²) in [5.74, 6) is 0. The second-order valence-electron chi connectivity index (χ2n) is 3.26.